The summed E-state index contributed by atoms with van der Waals surface area (Å²) in [6.07, 6.45) is 3.97. The number of carbonyl (C=O) groups is 1. The van der Waals surface area contributed by atoms with Gasteiger partial charge in [0.1, 0.15) is 11.6 Å². The van der Waals surface area contributed by atoms with Gasteiger partial charge in [0.2, 0.25) is 5.91 Å². The fourth-order valence-corrected chi connectivity index (χ4v) is 2.26. The predicted molar refractivity (Wildman–Crippen MR) is 84.5 cm³/mol. The Kier molecular flexibility index (Phi) is 4.19. The first-order chi connectivity index (χ1) is 11.1. The van der Waals surface area contributed by atoms with Crippen molar-refractivity contribution in [3.05, 3.63) is 84.2 Å². The quantitative estimate of drug-likeness (QED) is 0.778. The molecule has 0 bridgehead atoms. The van der Waals surface area contributed by atoms with Gasteiger partial charge in [-0.3, -0.25) is 4.79 Å². The van der Waals surface area contributed by atoms with Crippen LogP contribution in [-0.4, -0.2) is 10.5 Å². The number of aromatic nitrogens is 1. The molecule has 3 rings (SSSR count). The molecule has 0 atom stereocenters. The zero-order valence-electron chi connectivity index (χ0n) is 12.2. The van der Waals surface area contributed by atoms with Crippen molar-refractivity contribution in [1.29, 1.82) is 0 Å². The van der Waals surface area contributed by atoms with Gasteiger partial charge in [-0.05, 0) is 42.0 Å². The molecule has 1 heterocycles. The molecule has 1 aromatic heterocycles. The Hall–Kier alpha value is -2.95. The third kappa shape index (κ3) is 3.63. The van der Waals surface area contributed by atoms with Crippen molar-refractivity contribution in [1.82, 2.24) is 4.57 Å². The molecule has 0 aliphatic rings. The standard InChI is InChI=1S/C18H14F2N2O/c19-14-5-8-17(16(20)12-14)21-18(23)11-13-3-6-15(7-4-13)22-9-1-2-10-22/h1-10,12H,11H2,(H,21,23). The lowest BCUT2D eigenvalue weighted by atomic mass is 10.1. The van der Waals surface area contributed by atoms with E-state index in [1.807, 2.05) is 53.4 Å². The number of carbonyl (C=O) groups excluding carboxylic acids is 1. The summed E-state index contributed by atoms with van der Waals surface area (Å²) in [4.78, 5) is 12.0. The molecule has 0 aliphatic heterocycles. The van der Waals surface area contributed by atoms with Crippen molar-refractivity contribution in [2.45, 2.75) is 6.42 Å². The molecular formula is C18H14F2N2O. The van der Waals surface area contributed by atoms with Crippen LogP contribution in [0.4, 0.5) is 14.5 Å². The zero-order chi connectivity index (χ0) is 16.2. The van der Waals surface area contributed by atoms with Crippen LogP contribution >= 0.6 is 0 Å². The van der Waals surface area contributed by atoms with E-state index in [0.29, 0.717) is 0 Å². The van der Waals surface area contributed by atoms with Gasteiger partial charge in [-0.2, -0.15) is 0 Å². The molecular weight excluding hydrogens is 298 g/mol. The molecule has 0 aliphatic carbocycles. The fraction of sp³-hybridized carbons (Fsp3) is 0.0556. The van der Waals surface area contributed by atoms with Gasteiger partial charge in [-0.1, -0.05) is 12.1 Å². The number of nitrogens with one attached hydrogen (secondary N) is 1. The number of halogens is 2. The van der Waals surface area contributed by atoms with E-state index in [4.69, 9.17) is 0 Å². The van der Waals surface area contributed by atoms with Gasteiger partial charge in [-0.25, -0.2) is 8.78 Å². The maximum atomic E-state index is 13.5. The first-order valence-electron chi connectivity index (χ1n) is 7.09. The normalized spacial score (nSPS) is 10.5. The van der Waals surface area contributed by atoms with Gasteiger partial charge < -0.3 is 9.88 Å². The lowest BCUT2D eigenvalue weighted by Crippen LogP contribution is -2.15. The molecule has 5 heteroatoms. The zero-order valence-corrected chi connectivity index (χ0v) is 12.2. The smallest absolute Gasteiger partial charge is 0.228 e. The van der Waals surface area contributed by atoms with Crippen molar-refractivity contribution in [2.75, 3.05) is 5.32 Å². The molecule has 0 spiro atoms. The number of anilines is 1. The lowest BCUT2D eigenvalue weighted by molar-refractivity contribution is -0.115. The number of amides is 1. The van der Waals surface area contributed by atoms with Crippen LogP contribution in [-0.2, 0) is 11.2 Å². The minimum atomic E-state index is -0.790. The van der Waals surface area contributed by atoms with Crippen molar-refractivity contribution < 1.29 is 13.6 Å². The Bertz CT molecular complexity index is 812. The minimum absolute atomic E-state index is 0.0274. The number of hydrogen-bond acceptors (Lipinski definition) is 1. The maximum Gasteiger partial charge on any atom is 0.228 e. The van der Waals surface area contributed by atoms with Gasteiger partial charge in [-0.15, -0.1) is 0 Å². The molecule has 2 aromatic carbocycles. The molecule has 1 N–H and O–H groups in total. The Balaban J connectivity index is 1.66. The van der Waals surface area contributed by atoms with Crippen molar-refractivity contribution in [3.63, 3.8) is 0 Å². The van der Waals surface area contributed by atoms with Crippen LogP contribution in [0.1, 0.15) is 5.56 Å². The van der Waals surface area contributed by atoms with E-state index >= 15 is 0 Å². The Labute approximate surface area is 132 Å². The third-order valence-corrected chi connectivity index (χ3v) is 3.41. The predicted octanol–water partition coefficient (Wildman–Crippen LogP) is 3.94. The monoisotopic (exact) mass is 312 g/mol. The molecule has 23 heavy (non-hydrogen) atoms. The second-order valence-corrected chi connectivity index (χ2v) is 5.11. The highest BCUT2D eigenvalue weighted by Crippen LogP contribution is 2.16. The molecule has 3 nitrogen and oxygen atoms in total. The highest BCUT2D eigenvalue weighted by Gasteiger charge is 2.09. The van der Waals surface area contributed by atoms with Crippen molar-refractivity contribution >= 4 is 11.6 Å². The molecule has 0 saturated heterocycles. The summed E-state index contributed by atoms with van der Waals surface area (Å²) >= 11 is 0. The van der Waals surface area contributed by atoms with E-state index in [0.717, 1.165) is 23.4 Å². The third-order valence-electron chi connectivity index (χ3n) is 3.41. The van der Waals surface area contributed by atoms with Crippen LogP contribution in [0, 0.1) is 11.6 Å². The van der Waals surface area contributed by atoms with E-state index in [2.05, 4.69) is 5.32 Å². The van der Waals surface area contributed by atoms with E-state index < -0.39 is 11.6 Å². The molecule has 0 saturated carbocycles. The number of hydrogen-bond donors (Lipinski definition) is 1. The summed E-state index contributed by atoms with van der Waals surface area (Å²) in [6.45, 7) is 0. The SMILES string of the molecule is O=C(Cc1ccc(-n2cccc2)cc1)Nc1ccc(F)cc1F. The van der Waals surface area contributed by atoms with E-state index in [9.17, 15) is 13.6 Å². The summed E-state index contributed by atoms with van der Waals surface area (Å²) in [7, 11) is 0. The largest absolute Gasteiger partial charge is 0.324 e. The van der Waals surface area contributed by atoms with Gasteiger partial charge in [0.15, 0.2) is 0 Å². The second kappa shape index (κ2) is 6.44. The Morgan fingerprint density at radius 2 is 1.70 bits per heavy atom. The average Bonchev–Trinajstić information content (AvgIpc) is 3.05. The summed E-state index contributed by atoms with van der Waals surface area (Å²) in [5.41, 5.74) is 1.77. The van der Waals surface area contributed by atoms with Crippen LogP contribution in [0.5, 0.6) is 0 Å². The fourth-order valence-electron chi connectivity index (χ4n) is 2.26. The number of nitrogens with zero attached hydrogens (tertiary/aromatic N) is 1. The van der Waals surface area contributed by atoms with Gasteiger partial charge in [0.25, 0.3) is 0 Å². The topological polar surface area (TPSA) is 34.0 Å². The van der Waals surface area contributed by atoms with E-state index in [1.54, 1.807) is 0 Å². The highest BCUT2D eigenvalue weighted by molar-refractivity contribution is 5.92. The van der Waals surface area contributed by atoms with Gasteiger partial charge in [0.05, 0.1) is 12.1 Å². The molecule has 0 fully saturated rings. The molecule has 3 aromatic rings. The van der Waals surface area contributed by atoms with Gasteiger partial charge in [0, 0.05) is 24.1 Å². The summed E-state index contributed by atoms with van der Waals surface area (Å²) in [6, 6.07) is 14.4. The van der Waals surface area contributed by atoms with Crippen LogP contribution < -0.4 is 5.32 Å². The first-order valence-corrected chi connectivity index (χ1v) is 7.09. The van der Waals surface area contributed by atoms with E-state index in [1.165, 1.54) is 6.07 Å². The van der Waals surface area contributed by atoms with Crippen LogP contribution in [0.15, 0.2) is 67.0 Å². The van der Waals surface area contributed by atoms with Crippen molar-refractivity contribution in [3.8, 4) is 5.69 Å². The van der Waals surface area contributed by atoms with E-state index in [-0.39, 0.29) is 18.0 Å². The second-order valence-electron chi connectivity index (χ2n) is 5.11. The van der Waals surface area contributed by atoms with Crippen LogP contribution in [0.3, 0.4) is 0 Å². The minimum Gasteiger partial charge on any atom is -0.324 e. The Morgan fingerprint density at radius 3 is 2.35 bits per heavy atom. The summed E-state index contributed by atoms with van der Waals surface area (Å²) in [5, 5.41) is 2.44. The summed E-state index contributed by atoms with van der Waals surface area (Å²) in [5.74, 6) is -1.83. The Morgan fingerprint density at radius 1 is 1.00 bits per heavy atom. The molecule has 0 radical (unpaired) electrons. The average molecular weight is 312 g/mol. The molecule has 0 unspecified atom stereocenters. The number of rotatable bonds is 4. The van der Waals surface area contributed by atoms with Crippen molar-refractivity contribution in [2.24, 2.45) is 0 Å². The van der Waals surface area contributed by atoms with Gasteiger partial charge >= 0.3 is 0 Å². The van der Waals surface area contributed by atoms with Crippen LogP contribution in [0.2, 0.25) is 0 Å². The molecule has 116 valence electrons. The lowest BCUT2D eigenvalue weighted by Gasteiger charge is -2.08. The number of benzene rings is 2. The molecule has 1 amide bonds. The van der Waals surface area contributed by atoms with Crippen LogP contribution in [0.25, 0.3) is 5.69 Å². The highest BCUT2D eigenvalue weighted by atomic mass is 19.1. The summed E-state index contributed by atoms with van der Waals surface area (Å²) < 4.78 is 28.3. The first kappa shape index (κ1) is 15.0. The maximum absolute atomic E-state index is 13.5.